The van der Waals surface area contributed by atoms with Gasteiger partial charge in [0.1, 0.15) is 11.9 Å². The summed E-state index contributed by atoms with van der Waals surface area (Å²) in [5.41, 5.74) is 0.378. The molecule has 2 unspecified atom stereocenters. The van der Waals surface area contributed by atoms with E-state index in [9.17, 15) is 9.18 Å². The van der Waals surface area contributed by atoms with Gasteiger partial charge in [0.05, 0.1) is 18.1 Å². The first-order chi connectivity index (χ1) is 12.3. The summed E-state index contributed by atoms with van der Waals surface area (Å²) in [6.45, 7) is 7.54. The van der Waals surface area contributed by atoms with Gasteiger partial charge in [-0.2, -0.15) is 0 Å². The second-order valence-electron chi connectivity index (χ2n) is 7.26. The van der Waals surface area contributed by atoms with Crippen LogP contribution >= 0.6 is 0 Å². The molecule has 1 aliphatic rings. The van der Waals surface area contributed by atoms with Gasteiger partial charge in [-0.15, -0.1) is 0 Å². The SMILES string of the molecule is CN=C(NCC(C)(C)C(=O)NC)N1CC(C)OC(c2ccc(F)cc2)C1. The molecule has 1 fully saturated rings. The molecule has 6 nitrogen and oxygen atoms in total. The Balaban J connectivity index is 2.07. The Bertz CT molecular complexity index is 645. The van der Waals surface area contributed by atoms with Crippen molar-refractivity contribution in [3.05, 3.63) is 35.6 Å². The number of morpholine rings is 1. The molecule has 144 valence electrons. The summed E-state index contributed by atoms with van der Waals surface area (Å²) in [7, 11) is 3.36. The quantitative estimate of drug-likeness (QED) is 0.633. The van der Waals surface area contributed by atoms with Gasteiger partial charge < -0.3 is 20.3 Å². The number of aliphatic imine (C=N–C) groups is 1. The average Bonchev–Trinajstić information content (AvgIpc) is 2.61. The molecular weight excluding hydrogens is 335 g/mol. The van der Waals surface area contributed by atoms with Crippen molar-refractivity contribution >= 4 is 11.9 Å². The van der Waals surface area contributed by atoms with Crippen molar-refractivity contribution in [2.75, 3.05) is 33.7 Å². The van der Waals surface area contributed by atoms with E-state index in [4.69, 9.17) is 4.74 Å². The number of hydrogen-bond acceptors (Lipinski definition) is 3. The smallest absolute Gasteiger partial charge is 0.227 e. The van der Waals surface area contributed by atoms with Crippen molar-refractivity contribution in [2.24, 2.45) is 10.4 Å². The fraction of sp³-hybridized carbons (Fsp3) is 0.579. The largest absolute Gasteiger partial charge is 0.367 e. The Morgan fingerprint density at radius 3 is 2.58 bits per heavy atom. The topological polar surface area (TPSA) is 66.0 Å². The van der Waals surface area contributed by atoms with Gasteiger partial charge in [-0.1, -0.05) is 12.1 Å². The monoisotopic (exact) mass is 364 g/mol. The molecule has 0 spiro atoms. The number of ether oxygens (including phenoxy) is 1. The number of guanidine groups is 1. The zero-order chi connectivity index (χ0) is 19.3. The van der Waals surface area contributed by atoms with Gasteiger partial charge in [0.2, 0.25) is 5.91 Å². The van der Waals surface area contributed by atoms with E-state index >= 15 is 0 Å². The third kappa shape index (κ3) is 4.94. The molecule has 0 radical (unpaired) electrons. The molecule has 0 aliphatic carbocycles. The number of hydrogen-bond donors (Lipinski definition) is 2. The highest BCUT2D eigenvalue weighted by molar-refractivity contribution is 5.84. The zero-order valence-corrected chi connectivity index (χ0v) is 16.2. The molecule has 0 saturated carbocycles. The van der Waals surface area contributed by atoms with Crippen molar-refractivity contribution in [1.29, 1.82) is 0 Å². The molecule has 2 N–H and O–H groups in total. The number of carbonyl (C=O) groups is 1. The molecule has 2 rings (SSSR count). The molecule has 1 amide bonds. The second-order valence-corrected chi connectivity index (χ2v) is 7.26. The molecule has 7 heteroatoms. The third-order valence-corrected chi connectivity index (χ3v) is 4.54. The number of rotatable bonds is 4. The summed E-state index contributed by atoms with van der Waals surface area (Å²) in [6.07, 6.45) is -0.158. The van der Waals surface area contributed by atoms with Gasteiger partial charge in [-0.05, 0) is 38.5 Å². The van der Waals surface area contributed by atoms with Crippen LogP contribution in [-0.2, 0) is 9.53 Å². The van der Waals surface area contributed by atoms with E-state index in [1.54, 1.807) is 26.2 Å². The molecule has 1 aromatic rings. The van der Waals surface area contributed by atoms with Crippen LogP contribution in [0.5, 0.6) is 0 Å². The third-order valence-electron chi connectivity index (χ3n) is 4.54. The van der Waals surface area contributed by atoms with Gasteiger partial charge in [0.15, 0.2) is 5.96 Å². The molecule has 0 aromatic heterocycles. The predicted molar refractivity (Wildman–Crippen MR) is 100 cm³/mol. The lowest BCUT2D eigenvalue weighted by molar-refractivity contribution is -0.128. The van der Waals surface area contributed by atoms with Crippen LogP contribution < -0.4 is 10.6 Å². The van der Waals surface area contributed by atoms with E-state index in [-0.39, 0.29) is 23.9 Å². The van der Waals surface area contributed by atoms with Crippen LogP contribution in [0.15, 0.2) is 29.3 Å². The Kier molecular flexibility index (Phi) is 6.58. The Labute approximate surface area is 154 Å². The predicted octanol–water partition coefficient (Wildman–Crippen LogP) is 1.94. The lowest BCUT2D eigenvalue weighted by Crippen LogP contribution is -2.53. The van der Waals surface area contributed by atoms with Crippen molar-refractivity contribution in [3.8, 4) is 0 Å². The van der Waals surface area contributed by atoms with Crippen LogP contribution in [0, 0.1) is 11.2 Å². The van der Waals surface area contributed by atoms with E-state index < -0.39 is 5.41 Å². The highest BCUT2D eigenvalue weighted by Gasteiger charge is 2.31. The number of carbonyl (C=O) groups excluding carboxylic acids is 1. The first-order valence-corrected chi connectivity index (χ1v) is 8.85. The number of nitrogens with zero attached hydrogens (tertiary/aromatic N) is 2. The van der Waals surface area contributed by atoms with Gasteiger partial charge in [-0.3, -0.25) is 9.79 Å². The molecule has 26 heavy (non-hydrogen) atoms. The van der Waals surface area contributed by atoms with Gasteiger partial charge >= 0.3 is 0 Å². The van der Waals surface area contributed by atoms with Crippen LogP contribution in [-0.4, -0.2) is 56.6 Å². The van der Waals surface area contributed by atoms with E-state index in [2.05, 4.69) is 20.5 Å². The van der Waals surface area contributed by atoms with Crippen LogP contribution in [0.2, 0.25) is 0 Å². The first-order valence-electron chi connectivity index (χ1n) is 8.85. The van der Waals surface area contributed by atoms with Gasteiger partial charge in [0, 0.05) is 27.2 Å². The Morgan fingerprint density at radius 1 is 1.35 bits per heavy atom. The standard InChI is InChI=1S/C19H29FN4O2/c1-13-10-24(11-16(26-13)14-6-8-15(20)9-7-14)18(22-5)23-12-19(2,3)17(25)21-4/h6-9,13,16H,10-12H2,1-5H3,(H,21,25)(H,22,23). The van der Waals surface area contributed by atoms with Crippen molar-refractivity contribution in [3.63, 3.8) is 0 Å². The van der Waals surface area contributed by atoms with Crippen molar-refractivity contribution in [1.82, 2.24) is 15.5 Å². The Hall–Kier alpha value is -2.15. The minimum atomic E-state index is -0.557. The van der Waals surface area contributed by atoms with Gasteiger partial charge in [-0.25, -0.2) is 4.39 Å². The molecule has 2 atom stereocenters. The van der Waals surface area contributed by atoms with Crippen molar-refractivity contribution < 1.29 is 13.9 Å². The summed E-state index contributed by atoms with van der Waals surface area (Å²) in [5.74, 6) is 0.438. The van der Waals surface area contributed by atoms with Crippen LogP contribution in [0.25, 0.3) is 0 Å². The minimum Gasteiger partial charge on any atom is -0.367 e. The second kappa shape index (κ2) is 8.49. The van der Waals surface area contributed by atoms with Crippen LogP contribution in [0.4, 0.5) is 4.39 Å². The maximum absolute atomic E-state index is 13.2. The molecule has 0 bridgehead atoms. The highest BCUT2D eigenvalue weighted by Crippen LogP contribution is 2.25. The number of halogens is 1. The number of nitrogens with one attached hydrogen (secondary N) is 2. The maximum atomic E-state index is 13.2. The molecule has 1 aromatic carbocycles. The average molecular weight is 364 g/mol. The Morgan fingerprint density at radius 2 is 2.00 bits per heavy atom. The molecule has 1 heterocycles. The molecular formula is C19H29FN4O2. The van der Waals surface area contributed by atoms with E-state index in [1.807, 2.05) is 20.8 Å². The van der Waals surface area contributed by atoms with E-state index in [1.165, 1.54) is 12.1 Å². The first kappa shape index (κ1) is 20.2. The molecule has 1 saturated heterocycles. The van der Waals surface area contributed by atoms with E-state index in [0.29, 0.717) is 19.6 Å². The lowest BCUT2D eigenvalue weighted by Gasteiger charge is -2.39. The maximum Gasteiger partial charge on any atom is 0.227 e. The zero-order valence-electron chi connectivity index (χ0n) is 16.2. The summed E-state index contributed by atoms with van der Waals surface area (Å²) < 4.78 is 19.2. The molecule has 1 aliphatic heterocycles. The fourth-order valence-corrected chi connectivity index (χ4v) is 3.04. The number of benzene rings is 1. The summed E-state index contributed by atoms with van der Waals surface area (Å²) in [5, 5.41) is 5.98. The lowest BCUT2D eigenvalue weighted by atomic mass is 9.92. The summed E-state index contributed by atoms with van der Waals surface area (Å²) in [4.78, 5) is 18.4. The summed E-state index contributed by atoms with van der Waals surface area (Å²) >= 11 is 0. The fourth-order valence-electron chi connectivity index (χ4n) is 3.04. The van der Waals surface area contributed by atoms with E-state index in [0.717, 1.165) is 11.5 Å². The normalized spacial score (nSPS) is 21.5. The minimum absolute atomic E-state index is 0.00398. The van der Waals surface area contributed by atoms with Gasteiger partial charge in [0.25, 0.3) is 0 Å². The highest BCUT2D eigenvalue weighted by atomic mass is 19.1. The summed E-state index contributed by atoms with van der Waals surface area (Å²) in [6, 6.07) is 6.39. The van der Waals surface area contributed by atoms with Crippen LogP contribution in [0.1, 0.15) is 32.4 Å². The van der Waals surface area contributed by atoms with Crippen molar-refractivity contribution in [2.45, 2.75) is 33.0 Å². The van der Waals surface area contributed by atoms with Crippen LogP contribution in [0.3, 0.4) is 0 Å². The number of amides is 1.